The lowest BCUT2D eigenvalue weighted by Gasteiger charge is -2.16. The van der Waals surface area contributed by atoms with Crippen LogP contribution in [0.5, 0.6) is 5.75 Å². The molecular weight excluding hydrogens is 444 g/mol. The van der Waals surface area contributed by atoms with Crippen LogP contribution in [0.4, 0.5) is 11.4 Å². The molecule has 0 unspecified atom stereocenters. The third-order valence-electron chi connectivity index (χ3n) is 4.66. The Morgan fingerprint density at radius 2 is 1.63 bits per heavy atom. The third-order valence-corrected chi connectivity index (χ3v) is 5.15. The number of hydrogen-bond acceptors (Lipinski definition) is 4. The van der Waals surface area contributed by atoms with Crippen molar-refractivity contribution in [3.05, 3.63) is 94.6 Å². The standard InChI is InChI=1S/C24H19BrN2O3/c1-2-30-20-14-7-6-13-19(20)26-22-21(16-9-4-3-5-10-16)23(28)27(24(22)29)18-12-8-11-17(25)15-18/h3-15,26H,2H2,1H3. The van der Waals surface area contributed by atoms with Gasteiger partial charge in [-0.25, -0.2) is 4.90 Å². The molecule has 6 heteroatoms. The minimum absolute atomic E-state index is 0.221. The number of benzene rings is 3. The Morgan fingerprint density at radius 3 is 2.37 bits per heavy atom. The number of carbonyl (C=O) groups is 2. The molecule has 2 amide bonds. The topological polar surface area (TPSA) is 58.6 Å². The van der Waals surface area contributed by atoms with Gasteiger partial charge in [0.25, 0.3) is 11.8 Å². The fraction of sp³-hybridized carbons (Fsp3) is 0.0833. The predicted molar refractivity (Wildman–Crippen MR) is 121 cm³/mol. The van der Waals surface area contributed by atoms with Gasteiger partial charge in [0.05, 0.1) is 23.6 Å². The predicted octanol–water partition coefficient (Wildman–Crippen LogP) is 5.24. The molecule has 0 bridgehead atoms. The molecule has 0 atom stereocenters. The molecule has 0 aliphatic carbocycles. The van der Waals surface area contributed by atoms with Crippen LogP contribution in [0.15, 0.2) is 89.0 Å². The fourth-order valence-corrected chi connectivity index (χ4v) is 3.74. The third kappa shape index (κ3) is 3.74. The van der Waals surface area contributed by atoms with Gasteiger partial charge < -0.3 is 10.1 Å². The average molecular weight is 463 g/mol. The zero-order chi connectivity index (χ0) is 21.1. The van der Waals surface area contributed by atoms with Crippen LogP contribution in [-0.2, 0) is 9.59 Å². The lowest BCUT2D eigenvalue weighted by atomic mass is 10.0. The summed E-state index contributed by atoms with van der Waals surface area (Å²) in [6, 6.07) is 23.7. The summed E-state index contributed by atoms with van der Waals surface area (Å²) in [5.74, 6) is -0.176. The zero-order valence-corrected chi connectivity index (χ0v) is 17.8. The van der Waals surface area contributed by atoms with Gasteiger partial charge in [0.1, 0.15) is 11.4 Å². The van der Waals surface area contributed by atoms with Crippen LogP contribution in [0.1, 0.15) is 12.5 Å². The molecule has 0 aromatic heterocycles. The second kappa shape index (κ2) is 8.55. The van der Waals surface area contributed by atoms with Gasteiger partial charge in [-0.05, 0) is 42.8 Å². The molecule has 0 fully saturated rings. The van der Waals surface area contributed by atoms with E-state index in [9.17, 15) is 9.59 Å². The lowest BCUT2D eigenvalue weighted by molar-refractivity contribution is -0.120. The molecule has 5 nitrogen and oxygen atoms in total. The SMILES string of the molecule is CCOc1ccccc1NC1=C(c2ccccc2)C(=O)N(c2cccc(Br)c2)C1=O. The normalized spacial score (nSPS) is 13.7. The Morgan fingerprint density at radius 1 is 0.900 bits per heavy atom. The Labute approximate surface area is 183 Å². The summed E-state index contributed by atoms with van der Waals surface area (Å²) in [7, 11) is 0. The van der Waals surface area contributed by atoms with Crippen molar-refractivity contribution < 1.29 is 14.3 Å². The van der Waals surface area contributed by atoms with Crippen molar-refractivity contribution in [1.29, 1.82) is 0 Å². The smallest absolute Gasteiger partial charge is 0.282 e. The first kappa shape index (κ1) is 19.9. The summed E-state index contributed by atoms with van der Waals surface area (Å²) < 4.78 is 6.46. The maximum Gasteiger partial charge on any atom is 0.282 e. The highest BCUT2D eigenvalue weighted by atomic mass is 79.9. The highest BCUT2D eigenvalue weighted by Gasteiger charge is 2.40. The van der Waals surface area contributed by atoms with Crippen LogP contribution in [-0.4, -0.2) is 18.4 Å². The van der Waals surface area contributed by atoms with Gasteiger partial charge in [0, 0.05) is 4.47 Å². The molecule has 0 spiro atoms. The molecule has 150 valence electrons. The minimum Gasteiger partial charge on any atom is -0.492 e. The molecule has 4 rings (SSSR count). The van der Waals surface area contributed by atoms with Gasteiger partial charge in [-0.15, -0.1) is 0 Å². The summed E-state index contributed by atoms with van der Waals surface area (Å²) >= 11 is 3.41. The summed E-state index contributed by atoms with van der Waals surface area (Å²) in [4.78, 5) is 28.0. The molecule has 30 heavy (non-hydrogen) atoms. The van der Waals surface area contributed by atoms with Crippen molar-refractivity contribution in [2.24, 2.45) is 0 Å². The molecule has 0 radical (unpaired) electrons. The minimum atomic E-state index is -0.414. The first-order valence-corrected chi connectivity index (χ1v) is 10.3. The van der Waals surface area contributed by atoms with Gasteiger partial charge in [-0.2, -0.15) is 0 Å². The molecule has 3 aromatic rings. The van der Waals surface area contributed by atoms with Crippen molar-refractivity contribution in [3.8, 4) is 5.75 Å². The Hall–Kier alpha value is -3.38. The molecule has 0 saturated heterocycles. The maximum absolute atomic E-state index is 13.4. The molecular formula is C24H19BrN2O3. The second-order valence-corrected chi connectivity index (χ2v) is 7.51. The van der Waals surface area contributed by atoms with E-state index < -0.39 is 5.91 Å². The van der Waals surface area contributed by atoms with E-state index in [0.29, 0.717) is 34.9 Å². The van der Waals surface area contributed by atoms with Gasteiger partial charge in [-0.3, -0.25) is 9.59 Å². The summed E-state index contributed by atoms with van der Waals surface area (Å²) in [5, 5.41) is 3.17. The second-order valence-electron chi connectivity index (χ2n) is 6.60. The van der Waals surface area contributed by atoms with E-state index in [1.165, 1.54) is 4.90 Å². The largest absolute Gasteiger partial charge is 0.492 e. The number of imide groups is 1. The van der Waals surface area contributed by atoms with Crippen LogP contribution >= 0.6 is 15.9 Å². The monoisotopic (exact) mass is 462 g/mol. The van der Waals surface area contributed by atoms with Crippen molar-refractivity contribution >= 4 is 44.7 Å². The maximum atomic E-state index is 13.4. The van der Waals surface area contributed by atoms with Crippen molar-refractivity contribution in [2.45, 2.75) is 6.92 Å². The number of amides is 2. The number of hydrogen-bond donors (Lipinski definition) is 1. The van der Waals surface area contributed by atoms with Gasteiger partial charge >= 0.3 is 0 Å². The number of para-hydroxylation sites is 2. The number of nitrogens with zero attached hydrogens (tertiary/aromatic N) is 1. The van der Waals surface area contributed by atoms with Crippen LogP contribution in [0, 0.1) is 0 Å². The number of nitrogens with one attached hydrogen (secondary N) is 1. The van der Waals surface area contributed by atoms with Crippen molar-refractivity contribution in [2.75, 3.05) is 16.8 Å². The average Bonchev–Trinajstić information content (AvgIpc) is 3.00. The first-order valence-electron chi connectivity index (χ1n) is 9.53. The number of anilines is 2. The van der Waals surface area contributed by atoms with E-state index in [1.54, 1.807) is 18.2 Å². The first-order chi connectivity index (χ1) is 14.6. The van der Waals surface area contributed by atoms with Crippen LogP contribution in [0.3, 0.4) is 0 Å². The van der Waals surface area contributed by atoms with E-state index in [4.69, 9.17) is 4.74 Å². The fourth-order valence-electron chi connectivity index (χ4n) is 3.35. The van der Waals surface area contributed by atoms with E-state index >= 15 is 0 Å². The Bertz CT molecular complexity index is 1140. The molecule has 0 saturated carbocycles. The van der Waals surface area contributed by atoms with E-state index in [2.05, 4.69) is 21.2 Å². The number of ether oxygens (including phenoxy) is 1. The van der Waals surface area contributed by atoms with Gasteiger partial charge in [0.15, 0.2) is 0 Å². The van der Waals surface area contributed by atoms with Crippen LogP contribution < -0.4 is 15.0 Å². The molecule has 1 heterocycles. The molecule has 3 aromatic carbocycles. The van der Waals surface area contributed by atoms with Crippen LogP contribution in [0.2, 0.25) is 0 Å². The van der Waals surface area contributed by atoms with E-state index in [1.807, 2.05) is 67.6 Å². The number of carbonyl (C=O) groups excluding carboxylic acids is 2. The summed E-state index contributed by atoms with van der Waals surface area (Å²) in [6.07, 6.45) is 0. The highest BCUT2D eigenvalue weighted by Crippen LogP contribution is 2.36. The molecule has 1 aliphatic rings. The summed E-state index contributed by atoms with van der Waals surface area (Å²) in [6.45, 7) is 2.38. The molecule has 1 aliphatic heterocycles. The number of halogens is 1. The van der Waals surface area contributed by atoms with Crippen LogP contribution in [0.25, 0.3) is 5.57 Å². The lowest BCUT2D eigenvalue weighted by Crippen LogP contribution is -2.32. The Balaban J connectivity index is 1.82. The summed E-state index contributed by atoms with van der Waals surface area (Å²) in [5.41, 5.74) is 2.35. The van der Waals surface area contributed by atoms with E-state index in [-0.39, 0.29) is 11.6 Å². The zero-order valence-electron chi connectivity index (χ0n) is 16.3. The van der Waals surface area contributed by atoms with Crippen molar-refractivity contribution in [1.82, 2.24) is 0 Å². The van der Waals surface area contributed by atoms with Crippen molar-refractivity contribution in [3.63, 3.8) is 0 Å². The van der Waals surface area contributed by atoms with Gasteiger partial charge in [-0.1, -0.05) is 64.5 Å². The quantitative estimate of drug-likeness (QED) is 0.508. The van der Waals surface area contributed by atoms with Gasteiger partial charge in [0.2, 0.25) is 0 Å². The highest BCUT2D eigenvalue weighted by molar-refractivity contribution is 9.10. The molecule has 1 N–H and O–H groups in total. The van der Waals surface area contributed by atoms with E-state index in [0.717, 1.165) is 4.47 Å². The Kier molecular flexibility index (Phi) is 5.68. The number of rotatable bonds is 6.